The van der Waals surface area contributed by atoms with Crippen LogP contribution >= 0.6 is 34.8 Å². The number of rotatable bonds is 7. The van der Waals surface area contributed by atoms with Crippen molar-refractivity contribution in [3.05, 3.63) is 62.6 Å². The second-order valence-electron chi connectivity index (χ2n) is 5.95. The molecule has 0 fully saturated rings. The van der Waals surface area contributed by atoms with Crippen molar-refractivity contribution in [2.24, 2.45) is 0 Å². The van der Waals surface area contributed by atoms with E-state index < -0.39 is 42.4 Å². The molecular formula is C19H13Cl3F3NO4. The minimum Gasteiger partial charge on any atom is -0.457 e. The summed E-state index contributed by atoms with van der Waals surface area (Å²) in [6.07, 6.45) is -5.39. The predicted molar refractivity (Wildman–Crippen MR) is 106 cm³/mol. The second kappa shape index (κ2) is 10.1. The van der Waals surface area contributed by atoms with Gasteiger partial charge in [0.2, 0.25) is 11.7 Å². The zero-order chi connectivity index (χ0) is 22.5. The fraction of sp³-hybridized carbons (Fsp3) is 0.211. The summed E-state index contributed by atoms with van der Waals surface area (Å²) in [5, 5.41) is 2.54. The Morgan fingerprint density at radius 2 is 1.63 bits per heavy atom. The van der Waals surface area contributed by atoms with Gasteiger partial charge in [0.15, 0.2) is 6.61 Å². The molecule has 0 bridgehead atoms. The number of halogens is 6. The van der Waals surface area contributed by atoms with Crippen LogP contribution in [0.25, 0.3) is 0 Å². The summed E-state index contributed by atoms with van der Waals surface area (Å²) in [4.78, 5) is 35.7. The fourth-order valence-corrected chi connectivity index (χ4v) is 2.92. The highest BCUT2D eigenvalue weighted by Gasteiger charge is 2.31. The Balaban J connectivity index is 1.85. The third-order valence-corrected chi connectivity index (χ3v) is 4.60. The van der Waals surface area contributed by atoms with Crippen LogP contribution in [0.2, 0.25) is 15.1 Å². The molecule has 11 heteroatoms. The molecule has 1 amide bonds. The summed E-state index contributed by atoms with van der Waals surface area (Å²) in [5.74, 6) is -2.16. The summed E-state index contributed by atoms with van der Waals surface area (Å²) >= 11 is 17.4. The molecule has 0 aliphatic heterocycles. The van der Waals surface area contributed by atoms with E-state index in [2.05, 4.69) is 5.32 Å². The summed E-state index contributed by atoms with van der Waals surface area (Å²) in [6, 6.07) is 6.66. The molecule has 0 unspecified atom stereocenters. The number of carbonyl (C=O) groups excluding carboxylic acids is 3. The molecule has 0 aliphatic rings. The van der Waals surface area contributed by atoms with Gasteiger partial charge in [-0.15, -0.1) is 0 Å². The topological polar surface area (TPSA) is 72.5 Å². The number of benzene rings is 2. The van der Waals surface area contributed by atoms with Gasteiger partial charge < -0.3 is 10.1 Å². The zero-order valence-corrected chi connectivity index (χ0v) is 17.3. The fourth-order valence-electron chi connectivity index (χ4n) is 2.24. The molecule has 160 valence electrons. The van der Waals surface area contributed by atoms with Crippen molar-refractivity contribution in [1.29, 1.82) is 0 Å². The number of esters is 1. The Labute approximate surface area is 184 Å². The maximum atomic E-state index is 12.7. The third-order valence-electron chi connectivity index (χ3n) is 3.72. The Bertz CT molecular complexity index is 980. The van der Waals surface area contributed by atoms with Crippen molar-refractivity contribution in [2.75, 3.05) is 11.9 Å². The number of Topliss-reactive ketones (excluding diaryl/α,β-unsaturated/α-hetero) is 1. The molecule has 30 heavy (non-hydrogen) atoms. The minimum atomic E-state index is -4.60. The van der Waals surface area contributed by atoms with Gasteiger partial charge in [0.05, 0.1) is 27.7 Å². The van der Waals surface area contributed by atoms with Gasteiger partial charge in [0.1, 0.15) is 0 Å². The molecule has 1 N–H and O–H groups in total. The Kier molecular flexibility index (Phi) is 8.11. The lowest BCUT2D eigenvalue weighted by atomic mass is 10.1. The lowest BCUT2D eigenvalue weighted by molar-refractivity contribution is -0.143. The molecule has 0 saturated carbocycles. The molecule has 2 aromatic rings. The number of ketones is 1. The van der Waals surface area contributed by atoms with E-state index in [4.69, 9.17) is 39.5 Å². The van der Waals surface area contributed by atoms with Crippen LogP contribution in [0.3, 0.4) is 0 Å². The summed E-state index contributed by atoms with van der Waals surface area (Å²) < 4.78 is 43.0. The molecule has 0 atom stereocenters. The smallest absolute Gasteiger partial charge is 0.416 e. The van der Waals surface area contributed by atoms with E-state index >= 15 is 0 Å². The number of carbonyl (C=O) groups is 3. The molecule has 2 rings (SSSR count). The van der Waals surface area contributed by atoms with E-state index in [1.165, 1.54) is 18.2 Å². The molecule has 0 spiro atoms. The SMILES string of the molecule is O=C(CCC(=O)OCC(=O)c1ccc(Cl)cc1Cl)Nc1cc(C(F)(F)F)ccc1Cl. The normalized spacial score (nSPS) is 11.1. The first kappa shape index (κ1) is 24.0. The molecule has 0 radical (unpaired) electrons. The van der Waals surface area contributed by atoms with Crippen LogP contribution < -0.4 is 5.32 Å². The standard InChI is InChI=1S/C19H13Cl3F3NO4/c20-11-2-3-12(14(22)8-11)16(27)9-30-18(29)6-5-17(28)26-15-7-10(19(23,24)25)1-4-13(15)21/h1-4,7-8H,5-6,9H2,(H,26,28). The van der Waals surface area contributed by atoms with E-state index in [1.807, 2.05) is 0 Å². The van der Waals surface area contributed by atoms with Crippen LogP contribution in [-0.2, 0) is 20.5 Å². The van der Waals surface area contributed by atoms with Crippen LogP contribution in [0, 0.1) is 0 Å². The molecule has 5 nitrogen and oxygen atoms in total. The minimum absolute atomic E-state index is 0.0932. The van der Waals surface area contributed by atoms with Crippen LogP contribution in [0.1, 0.15) is 28.8 Å². The number of nitrogens with one attached hydrogen (secondary N) is 1. The van der Waals surface area contributed by atoms with Crippen LogP contribution in [0.4, 0.5) is 18.9 Å². The van der Waals surface area contributed by atoms with E-state index in [0.29, 0.717) is 11.1 Å². The lowest BCUT2D eigenvalue weighted by Crippen LogP contribution is -2.18. The van der Waals surface area contributed by atoms with Gasteiger partial charge in [0.25, 0.3) is 0 Å². The number of hydrogen-bond donors (Lipinski definition) is 1. The molecule has 0 saturated heterocycles. The maximum Gasteiger partial charge on any atom is 0.416 e. The predicted octanol–water partition coefficient (Wildman–Crippen LogP) is 5.81. The highest BCUT2D eigenvalue weighted by molar-refractivity contribution is 6.37. The van der Waals surface area contributed by atoms with Gasteiger partial charge in [-0.25, -0.2) is 0 Å². The monoisotopic (exact) mass is 481 g/mol. The van der Waals surface area contributed by atoms with Crippen LogP contribution in [0.15, 0.2) is 36.4 Å². The summed E-state index contributed by atoms with van der Waals surface area (Å²) in [5.41, 5.74) is -1.11. The number of anilines is 1. The van der Waals surface area contributed by atoms with Crippen molar-refractivity contribution >= 4 is 58.1 Å². The van der Waals surface area contributed by atoms with Crippen molar-refractivity contribution in [2.45, 2.75) is 19.0 Å². The number of hydrogen-bond acceptors (Lipinski definition) is 4. The Morgan fingerprint density at radius 3 is 2.27 bits per heavy atom. The first-order chi connectivity index (χ1) is 14.0. The quantitative estimate of drug-likeness (QED) is 0.399. The van der Waals surface area contributed by atoms with Gasteiger partial charge in [0, 0.05) is 17.0 Å². The van der Waals surface area contributed by atoms with Crippen molar-refractivity contribution < 1.29 is 32.3 Å². The average Bonchev–Trinajstić information content (AvgIpc) is 2.65. The Hall–Kier alpha value is -2.29. The van der Waals surface area contributed by atoms with Crippen LogP contribution in [-0.4, -0.2) is 24.3 Å². The number of amides is 1. The Morgan fingerprint density at radius 1 is 0.933 bits per heavy atom. The number of ether oxygens (including phenoxy) is 1. The third kappa shape index (κ3) is 6.90. The average molecular weight is 483 g/mol. The second-order valence-corrected chi connectivity index (χ2v) is 7.20. The van der Waals surface area contributed by atoms with E-state index in [-0.39, 0.29) is 27.7 Å². The van der Waals surface area contributed by atoms with Gasteiger partial charge in [-0.05, 0) is 36.4 Å². The molecule has 0 aliphatic carbocycles. The first-order valence-corrected chi connectivity index (χ1v) is 9.41. The largest absolute Gasteiger partial charge is 0.457 e. The molecule has 0 heterocycles. The highest BCUT2D eigenvalue weighted by Crippen LogP contribution is 2.33. The summed E-state index contributed by atoms with van der Waals surface area (Å²) in [6.45, 7) is -0.596. The van der Waals surface area contributed by atoms with Crippen molar-refractivity contribution in [1.82, 2.24) is 0 Å². The van der Waals surface area contributed by atoms with Crippen molar-refractivity contribution in [3.63, 3.8) is 0 Å². The van der Waals surface area contributed by atoms with Gasteiger partial charge >= 0.3 is 12.1 Å². The molecule has 0 aromatic heterocycles. The van der Waals surface area contributed by atoms with Crippen LogP contribution in [0.5, 0.6) is 0 Å². The van der Waals surface area contributed by atoms with Gasteiger partial charge in [-0.2, -0.15) is 13.2 Å². The van der Waals surface area contributed by atoms with Gasteiger partial charge in [-0.1, -0.05) is 34.8 Å². The lowest BCUT2D eigenvalue weighted by Gasteiger charge is -2.11. The van der Waals surface area contributed by atoms with Gasteiger partial charge in [-0.3, -0.25) is 14.4 Å². The molecule has 2 aromatic carbocycles. The first-order valence-electron chi connectivity index (χ1n) is 8.28. The van der Waals surface area contributed by atoms with E-state index in [9.17, 15) is 27.6 Å². The zero-order valence-electron chi connectivity index (χ0n) is 15.0. The molecular weight excluding hydrogens is 470 g/mol. The highest BCUT2D eigenvalue weighted by atomic mass is 35.5. The summed E-state index contributed by atoms with van der Waals surface area (Å²) in [7, 11) is 0. The van der Waals surface area contributed by atoms with E-state index in [1.54, 1.807) is 0 Å². The number of alkyl halides is 3. The maximum absolute atomic E-state index is 12.7. The van der Waals surface area contributed by atoms with Crippen molar-refractivity contribution in [3.8, 4) is 0 Å². The van der Waals surface area contributed by atoms with E-state index in [0.717, 1.165) is 12.1 Å².